The molecule has 0 saturated heterocycles. The first kappa shape index (κ1) is 9.63. The molecule has 0 bridgehead atoms. The Morgan fingerprint density at radius 2 is 2.33 bits per heavy atom. The number of nitrogens with zero attached hydrogens (tertiary/aromatic N) is 5. The van der Waals surface area contributed by atoms with Crippen LogP contribution < -0.4 is 5.73 Å². The molecule has 0 aliphatic carbocycles. The maximum absolute atomic E-state index is 5.71. The largest absolute Gasteiger partial charge is 0.381 e. The summed E-state index contributed by atoms with van der Waals surface area (Å²) in [6.45, 7) is 4.45. The second-order valence-electron chi connectivity index (χ2n) is 3.51. The maximum atomic E-state index is 5.71. The number of hydrogen-bond acceptors (Lipinski definition) is 6. The molecule has 0 aromatic carbocycles. The summed E-state index contributed by atoms with van der Waals surface area (Å²) in [4.78, 5) is 3.91. The van der Waals surface area contributed by atoms with E-state index in [1.165, 1.54) is 6.33 Å². The first-order valence-corrected chi connectivity index (χ1v) is 4.63. The Morgan fingerprint density at radius 3 is 2.93 bits per heavy atom. The van der Waals surface area contributed by atoms with Crippen molar-refractivity contribution in [2.75, 3.05) is 5.73 Å². The quantitative estimate of drug-likeness (QED) is 0.785. The van der Waals surface area contributed by atoms with Gasteiger partial charge in [0.15, 0.2) is 12.1 Å². The minimum Gasteiger partial charge on any atom is -0.381 e. The Bertz CT molecular complexity index is 432. The summed E-state index contributed by atoms with van der Waals surface area (Å²) in [6.07, 6.45) is 1.35. The van der Waals surface area contributed by atoms with Crippen LogP contribution in [0.1, 0.15) is 31.4 Å². The SMILES string of the molecule is CC(C)c1c(N)nnn1Cc1ncno1. The molecule has 0 saturated carbocycles. The van der Waals surface area contributed by atoms with Crippen molar-refractivity contribution in [1.29, 1.82) is 0 Å². The predicted molar refractivity (Wildman–Crippen MR) is 51.9 cm³/mol. The van der Waals surface area contributed by atoms with Crippen LogP contribution in [0.5, 0.6) is 0 Å². The highest BCUT2D eigenvalue weighted by atomic mass is 16.5. The Hall–Kier alpha value is -1.92. The van der Waals surface area contributed by atoms with Crippen molar-refractivity contribution in [3.8, 4) is 0 Å². The van der Waals surface area contributed by atoms with Crippen molar-refractivity contribution in [3.05, 3.63) is 17.9 Å². The third-order valence-electron chi connectivity index (χ3n) is 2.04. The van der Waals surface area contributed by atoms with Gasteiger partial charge in [-0.05, 0) is 5.92 Å². The standard InChI is InChI=1S/C8H12N6O/c1-5(2)7-8(9)12-13-14(7)3-6-10-4-11-15-6/h4-5H,3,9H2,1-2H3. The summed E-state index contributed by atoms with van der Waals surface area (Å²) in [6, 6.07) is 0. The molecule has 0 fully saturated rings. The molecule has 2 rings (SSSR count). The topological polar surface area (TPSA) is 95.7 Å². The lowest BCUT2D eigenvalue weighted by atomic mass is 10.1. The molecule has 2 N–H and O–H groups in total. The van der Waals surface area contributed by atoms with E-state index in [4.69, 9.17) is 10.3 Å². The fourth-order valence-corrected chi connectivity index (χ4v) is 1.44. The van der Waals surface area contributed by atoms with Crippen LogP contribution in [0, 0.1) is 0 Å². The summed E-state index contributed by atoms with van der Waals surface area (Å²) in [5.41, 5.74) is 6.59. The lowest BCUT2D eigenvalue weighted by Gasteiger charge is -2.06. The molecule has 7 nitrogen and oxygen atoms in total. The van der Waals surface area contributed by atoms with Gasteiger partial charge in [0, 0.05) is 0 Å². The van der Waals surface area contributed by atoms with E-state index in [1.807, 2.05) is 13.8 Å². The zero-order valence-electron chi connectivity index (χ0n) is 8.58. The van der Waals surface area contributed by atoms with E-state index in [9.17, 15) is 0 Å². The minimum absolute atomic E-state index is 0.253. The van der Waals surface area contributed by atoms with Crippen LogP contribution in [0.25, 0.3) is 0 Å². The molecule has 0 aliphatic heterocycles. The molecule has 0 radical (unpaired) electrons. The Labute approximate surface area is 86.3 Å². The number of nitrogens with two attached hydrogens (primary N) is 1. The Morgan fingerprint density at radius 1 is 1.53 bits per heavy atom. The predicted octanol–water partition coefficient (Wildman–Crippen LogP) is 0.415. The summed E-state index contributed by atoms with van der Waals surface area (Å²) >= 11 is 0. The lowest BCUT2D eigenvalue weighted by molar-refractivity contribution is 0.360. The second-order valence-corrected chi connectivity index (χ2v) is 3.51. The van der Waals surface area contributed by atoms with E-state index in [2.05, 4.69) is 20.5 Å². The van der Waals surface area contributed by atoms with Gasteiger partial charge in [-0.25, -0.2) is 4.68 Å². The van der Waals surface area contributed by atoms with Gasteiger partial charge in [0.1, 0.15) is 6.54 Å². The first-order valence-electron chi connectivity index (χ1n) is 4.63. The molecular weight excluding hydrogens is 196 g/mol. The monoisotopic (exact) mass is 208 g/mol. The summed E-state index contributed by atoms with van der Waals surface area (Å²) < 4.78 is 6.57. The Balaban J connectivity index is 2.29. The van der Waals surface area contributed by atoms with Gasteiger partial charge in [0.25, 0.3) is 0 Å². The fourth-order valence-electron chi connectivity index (χ4n) is 1.44. The zero-order chi connectivity index (χ0) is 10.8. The van der Waals surface area contributed by atoms with Crippen LogP contribution in [-0.2, 0) is 6.54 Å². The number of rotatable bonds is 3. The van der Waals surface area contributed by atoms with Crippen molar-refractivity contribution in [3.63, 3.8) is 0 Å². The highest BCUT2D eigenvalue weighted by molar-refractivity contribution is 5.35. The third kappa shape index (κ3) is 1.80. The molecule has 2 heterocycles. The van der Waals surface area contributed by atoms with E-state index in [-0.39, 0.29) is 5.92 Å². The van der Waals surface area contributed by atoms with Crippen LogP contribution in [0.4, 0.5) is 5.82 Å². The van der Waals surface area contributed by atoms with Gasteiger partial charge < -0.3 is 10.3 Å². The molecule has 0 amide bonds. The van der Waals surface area contributed by atoms with E-state index in [0.29, 0.717) is 18.3 Å². The minimum atomic E-state index is 0.253. The fraction of sp³-hybridized carbons (Fsp3) is 0.500. The lowest BCUT2D eigenvalue weighted by Crippen LogP contribution is -2.09. The van der Waals surface area contributed by atoms with Gasteiger partial charge in [-0.3, -0.25) is 0 Å². The van der Waals surface area contributed by atoms with Gasteiger partial charge in [-0.1, -0.05) is 24.2 Å². The van der Waals surface area contributed by atoms with Crippen molar-refractivity contribution < 1.29 is 4.52 Å². The molecule has 2 aromatic rings. The molecule has 0 atom stereocenters. The normalized spacial score (nSPS) is 11.1. The van der Waals surface area contributed by atoms with Crippen LogP contribution in [0.2, 0.25) is 0 Å². The van der Waals surface area contributed by atoms with Gasteiger partial charge in [0.2, 0.25) is 5.89 Å². The molecule has 80 valence electrons. The summed E-state index contributed by atoms with van der Waals surface area (Å²) in [7, 11) is 0. The van der Waals surface area contributed by atoms with Crippen molar-refractivity contribution in [1.82, 2.24) is 25.1 Å². The van der Waals surface area contributed by atoms with Crippen molar-refractivity contribution >= 4 is 5.82 Å². The highest BCUT2D eigenvalue weighted by Crippen LogP contribution is 2.19. The number of nitrogen functional groups attached to an aromatic ring is 1. The number of aromatic nitrogens is 5. The van der Waals surface area contributed by atoms with Gasteiger partial charge in [-0.15, -0.1) is 5.10 Å². The van der Waals surface area contributed by atoms with E-state index in [0.717, 1.165) is 5.69 Å². The number of hydrogen-bond donors (Lipinski definition) is 1. The molecular formula is C8H12N6O. The highest BCUT2D eigenvalue weighted by Gasteiger charge is 2.15. The number of anilines is 1. The Kier molecular flexibility index (Phi) is 2.36. The van der Waals surface area contributed by atoms with Gasteiger partial charge >= 0.3 is 0 Å². The second kappa shape index (κ2) is 3.68. The molecule has 15 heavy (non-hydrogen) atoms. The third-order valence-corrected chi connectivity index (χ3v) is 2.04. The van der Waals surface area contributed by atoms with Crippen LogP contribution in [0.15, 0.2) is 10.9 Å². The average molecular weight is 208 g/mol. The van der Waals surface area contributed by atoms with E-state index < -0.39 is 0 Å². The zero-order valence-corrected chi connectivity index (χ0v) is 8.58. The average Bonchev–Trinajstić information content (AvgIpc) is 2.76. The van der Waals surface area contributed by atoms with Crippen LogP contribution in [0.3, 0.4) is 0 Å². The molecule has 0 spiro atoms. The summed E-state index contributed by atoms with van der Waals surface area (Å²) in [5, 5.41) is 11.3. The smallest absolute Gasteiger partial charge is 0.248 e. The van der Waals surface area contributed by atoms with Gasteiger partial charge in [-0.2, -0.15) is 4.98 Å². The van der Waals surface area contributed by atoms with Crippen LogP contribution >= 0.6 is 0 Å². The van der Waals surface area contributed by atoms with Crippen LogP contribution in [-0.4, -0.2) is 25.1 Å². The summed E-state index contributed by atoms with van der Waals surface area (Å²) in [5.74, 6) is 1.19. The van der Waals surface area contributed by atoms with E-state index >= 15 is 0 Å². The molecule has 7 heteroatoms. The van der Waals surface area contributed by atoms with Crippen molar-refractivity contribution in [2.45, 2.75) is 26.3 Å². The first-order chi connectivity index (χ1) is 7.18. The molecule has 2 aromatic heterocycles. The van der Waals surface area contributed by atoms with Gasteiger partial charge in [0.05, 0.1) is 5.69 Å². The van der Waals surface area contributed by atoms with E-state index in [1.54, 1.807) is 4.68 Å². The molecule has 0 aliphatic rings. The molecule has 0 unspecified atom stereocenters. The van der Waals surface area contributed by atoms with Crippen molar-refractivity contribution in [2.24, 2.45) is 0 Å². The maximum Gasteiger partial charge on any atom is 0.248 e.